The molecule has 10 nitrogen and oxygen atoms in total. The molecule has 0 unspecified atom stereocenters. The van der Waals surface area contributed by atoms with Crippen molar-refractivity contribution in [1.29, 1.82) is 10.9 Å². The third-order valence-electron chi connectivity index (χ3n) is 2.71. The van der Waals surface area contributed by atoms with Gasteiger partial charge >= 0.3 is 5.08 Å². The predicted octanol–water partition coefficient (Wildman–Crippen LogP) is -0.121. The van der Waals surface area contributed by atoms with E-state index in [1.54, 1.807) is 0 Å². The Morgan fingerprint density at radius 1 is 1.18 bits per heavy atom. The summed E-state index contributed by atoms with van der Waals surface area (Å²) in [5.74, 6) is 0. The molecule has 2 aromatic rings. The lowest BCUT2D eigenvalue weighted by atomic mass is 10.1. The van der Waals surface area contributed by atoms with E-state index in [1.807, 2.05) is 0 Å². The molecule has 1 N–H and O–H groups in total. The zero-order valence-corrected chi connectivity index (χ0v) is 12.0. The number of nitrogens with zero attached hydrogens (tertiary/aromatic N) is 5. The van der Waals surface area contributed by atoms with Crippen molar-refractivity contribution in [2.45, 2.75) is 4.90 Å². The highest BCUT2D eigenvalue weighted by Gasteiger charge is 2.21. The maximum Gasteiger partial charge on any atom is 0.339 e. The molecule has 0 aromatic heterocycles. The fourth-order valence-electron chi connectivity index (χ4n) is 1.90. The Kier molecular flexibility index (Phi) is 3.89. The van der Waals surface area contributed by atoms with E-state index in [4.69, 9.17) is 21.6 Å². The van der Waals surface area contributed by atoms with Gasteiger partial charge in [-0.25, -0.2) is 8.42 Å². The molecular weight excluding hydrogens is 336 g/mol. The van der Waals surface area contributed by atoms with Gasteiger partial charge in [0, 0.05) is 16.1 Å². The quantitative estimate of drug-likeness (QED) is 0.349. The van der Waals surface area contributed by atoms with E-state index < -0.39 is 40.9 Å². The first-order valence-electron chi connectivity index (χ1n) is 5.36. The van der Waals surface area contributed by atoms with Gasteiger partial charge in [-0.15, -0.1) is 5.10 Å². The van der Waals surface area contributed by atoms with Crippen LogP contribution in [0, 0.1) is 10.9 Å². The van der Waals surface area contributed by atoms with Crippen LogP contribution >= 0.6 is 10.7 Å². The van der Waals surface area contributed by atoms with Gasteiger partial charge < -0.3 is 0 Å². The minimum Gasteiger partial charge on any atom is -0.287 e. The number of hydrogen-bond acceptors (Lipinski definition) is 8. The average molecular weight is 340 g/mol. The van der Waals surface area contributed by atoms with Crippen LogP contribution in [-0.2, 0) is 9.05 Å². The molecule has 0 heterocycles. The van der Waals surface area contributed by atoms with Crippen LogP contribution in [-0.4, -0.2) is 8.42 Å². The van der Waals surface area contributed by atoms with E-state index in [-0.39, 0.29) is 5.39 Å². The van der Waals surface area contributed by atoms with Gasteiger partial charge in [0.25, 0.3) is 14.4 Å². The number of diazo groups is 1. The number of rotatable bonds is 2. The van der Waals surface area contributed by atoms with Crippen molar-refractivity contribution in [2.24, 2.45) is 15.4 Å². The number of nitrogens with one attached hydrogen (secondary N) is 1. The Balaban J connectivity index is 3.39. The van der Waals surface area contributed by atoms with Gasteiger partial charge in [-0.3, -0.25) is 9.59 Å². The second-order valence-corrected chi connectivity index (χ2v) is 6.40. The summed E-state index contributed by atoms with van der Waals surface area (Å²) in [5, 5.41) is 17.5. The SMILES string of the molecule is N#[N+]N=c1c(=NN=N)c(=O)c2cccc(S(=O)(=O)Cl)c2c1=O. The maximum absolute atomic E-state index is 12.3. The predicted molar refractivity (Wildman–Crippen MR) is 73.3 cm³/mol. The summed E-state index contributed by atoms with van der Waals surface area (Å²) in [4.78, 5) is 24.0. The second-order valence-electron chi connectivity index (χ2n) is 3.86. The summed E-state index contributed by atoms with van der Waals surface area (Å²) in [5.41, 5.74) is 4.70. The van der Waals surface area contributed by atoms with Gasteiger partial charge in [0.2, 0.25) is 16.2 Å². The van der Waals surface area contributed by atoms with Gasteiger partial charge in [0.05, 0.1) is 10.3 Å². The van der Waals surface area contributed by atoms with Crippen LogP contribution in [0.2, 0.25) is 0 Å². The third-order valence-corrected chi connectivity index (χ3v) is 4.07. The summed E-state index contributed by atoms with van der Waals surface area (Å²) < 4.78 is 23.1. The molecule has 22 heavy (non-hydrogen) atoms. The highest BCUT2D eigenvalue weighted by Crippen LogP contribution is 2.20. The van der Waals surface area contributed by atoms with E-state index in [2.05, 4.69) is 20.5 Å². The summed E-state index contributed by atoms with van der Waals surface area (Å²) in [6, 6.07) is 3.44. The maximum atomic E-state index is 12.3. The van der Waals surface area contributed by atoms with Crippen LogP contribution in [0.5, 0.6) is 0 Å². The van der Waals surface area contributed by atoms with Crippen LogP contribution in [0.3, 0.4) is 0 Å². The van der Waals surface area contributed by atoms with E-state index in [9.17, 15) is 18.0 Å². The minimum absolute atomic E-state index is 0.286. The van der Waals surface area contributed by atoms with Crippen molar-refractivity contribution in [3.05, 3.63) is 54.4 Å². The van der Waals surface area contributed by atoms with Crippen LogP contribution < -0.4 is 21.6 Å². The molecule has 0 aliphatic heterocycles. The summed E-state index contributed by atoms with van der Waals surface area (Å²) in [6.45, 7) is 0. The van der Waals surface area contributed by atoms with Gasteiger partial charge in [-0.2, -0.15) is 5.53 Å². The van der Waals surface area contributed by atoms with Crippen LogP contribution in [0.4, 0.5) is 0 Å². The smallest absolute Gasteiger partial charge is 0.287 e. The van der Waals surface area contributed by atoms with Crippen LogP contribution in [0.1, 0.15) is 0 Å². The van der Waals surface area contributed by atoms with Crippen molar-refractivity contribution in [2.75, 3.05) is 0 Å². The molecule has 110 valence electrons. The fourth-order valence-corrected chi connectivity index (χ4v) is 2.97. The molecule has 2 aromatic carbocycles. The number of benzene rings is 2. The number of hydrogen-bond donors (Lipinski definition) is 1. The Labute approximate surface area is 125 Å². The molecule has 0 radical (unpaired) electrons. The molecule has 0 amide bonds. The number of halogens is 1. The molecule has 0 saturated heterocycles. The fraction of sp³-hybridized carbons (Fsp3) is 0. The van der Waals surface area contributed by atoms with Gasteiger partial charge in [-0.05, 0) is 6.07 Å². The van der Waals surface area contributed by atoms with Gasteiger partial charge in [-0.1, -0.05) is 17.4 Å². The molecule has 0 atom stereocenters. The first kappa shape index (κ1) is 15.5. The molecule has 0 aliphatic rings. The largest absolute Gasteiger partial charge is 0.339 e. The molecule has 2 rings (SSSR count). The van der Waals surface area contributed by atoms with E-state index in [0.717, 1.165) is 6.07 Å². The first-order valence-corrected chi connectivity index (χ1v) is 7.67. The Morgan fingerprint density at radius 3 is 2.41 bits per heavy atom. The summed E-state index contributed by atoms with van der Waals surface area (Å²) in [7, 11) is 0.930. The van der Waals surface area contributed by atoms with E-state index in [1.165, 1.54) is 12.1 Å². The van der Waals surface area contributed by atoms with Gasteiger partial charge in [0.1, 0.15) is 0 Å². The van der Waals surface area contributed by atoms with Crippen LogP contribution in [0.25, 0.3) is 15.9 Å². The first-order chi connectivity index (χ1) is 10.3. The highest BCUT2D eigenvalue weighted by atomic mass is 35.7. The van der Waals surface area contributed by atoms with Crippen molar-refractivity contribution < 1.29 is 8.42 Å². The molecule has 0 aliphatic carbocycles. The molecule has 0 fully saturated rings. The molecule has 12 heteroatoms. The number of fused-ring (bicyclic) bond motifs is 1. The minimum atomic E-state index is -4.32. The normalized spacial score (nSPS) is 13.3. The monoisotopic (exact) mass is 339 g/mol. The van der Waals surface area contributed by atoms with Crippen molar-refractivity contribution in [3.63, 3.8) is 0 Å². The summed E-state index contributed by atoms with van der Waals surface area (Å²) >= 11 is 0. The van der Waals surface area contributed by atoms with Gasteiger partial charge in [0.15, 0.2) is 10.5 Å². The van der Waals surface area contributed by atoms with Crippen molar-refractivity contribution in [1.82, 2.24) is 0 Å². The van der Waals surface area contributed by atoms with E-state index in [0.29, 0.717) is 0 Å². The molecule has 0 bridgehead atoms. The Hall–Kier alpha value is -2.84. The summed E-state index contributed by atoms with van der Waals surface area (Å²) in [6.07, 6.45) is 0. The zero-order chi connectivity index (χ0) is 16.5. The molecule has 0 spiro atoms. The molecular formula is C10H4ClN6O4S+. The second kappa shape index (κ2) is 5.51. The topological polar surface area (TPSA) is 157 Å². The van der Waals surface area contributed by atoms with Crippen molar-refractivity contribution >= 4 is 30.5 Å². The Bertz CT molecular complexity index is 1170. The standard InChI is InChI=1S/C10H4ClN6O4S/c11-22(20,21)5-3-1-2-4-6(5)10(19)8(15-17-13)7(9(4)18)14-16-12/h1-3,12H/q+1. The highest BCUT2D eigenvalue weighted by molar-refractivity contribution is 8.14. The van der Waals surface area contributed by atoms with E-state index >= 15 is 0 Å². The molecule has 0 saturated carbocycles. The average Bonchev–Trinajstić information content (AvgIpc) is 2.46. The zero-order valence-electron chi connectivity index (χ0n) is 10.4. The lowest BCUT2D eigenvalue weighted by molar-refractivity contribution is 0.610. The lowest BCUT2D eigenvalue weighted by Crippen LogP contribution is -2.48. The van der Waals surface area contributed by atoms with Crippen molar-refractivity contribution in [3.8, 4) is 0 Å². The lowest BCUT2D eigenvalue weighted by Gasteiger charge is -2.00. The Morgan fingerprint density at radius 2 is 1.86 bits per heavy atom. The third kappa shape index (κ3) is 2.41. The van der Waals surface area contributed by atoms with Crippen LogP contribution in [0.15, 0.2) is 48.1 Å².